The summed E-state index contributed by atoms with van der Waals surface area (Å²) in [5, 5.41) is 3.20. The van der Waals surface area contributed by atoms with Gasteiger partial charge in [-0.1, -0.05) is 54.1 Å². The second-order valence-electron chi connectivity index (χ2n) is 7.68. The van der Waals surface area contributed by atoms with Crippen LogP contribution in [0.2, 0.25) is 0 Å². The van der Waals surface area contributed by atoms with Crippen molar-refractivity contribution in [2.24, 2.45) is 0 Å². The standard InChI is InChI=1S/C26H24N2O3/c1-16-10-12-21(18(3)14-16)28-25(29)23(19-8-6-5-7-9-19)24(26(28)30)27-20-15-17(2)11-13-22(20)31-4/h5-15,27H,1-4H3. The minimum Gasteiger partial charge on any atom is -0.495 e. The number of anilines is 2. The molecule has 31 heavy (non-hydrogen) atoms. The summed E-state index contributed by atoms with van der Waals surface area (Å²) in [6, 6.07) is 20.6. The maximum Gasteiger partial charge on any atom is 0.282 e. The van der Waals surface area contributed by atoms with E-state index in [1.807, 2.05) is 87.5 Å². The molecule has 0 saturated heterocycles. The van der Waals surface area contributed by atoms with Gasteiger partial charge in [-0.3, -0.25) is 9.59 Å². The van der Waals surface area contributed by atoms with Crippen LogP contribution >= 0.6 is 0 Å². The van der Waals surface area contributed by atoms with Crippen LogP contribution in [0.4, 0.5) is 11.4 Å². The van der Waals surface area contributed by atoms with Crippen molar-refractivity contribution in [3.63, 3.8) is 0 Å². The molecule has 0 unspecified atom stereocenters. The molecule has 5 nitrogen and oxygen atoms in total. The maximum absolute atomic E-state index is 13.6. The Balaban J connectivity index is 1.86. The molecule has 1 N–H and O–H groups in total. The van der Waals surface area contributed by atoms with Crippen molar-refractivity contribution in [3.8, 4) is 5.75 Å². The van der Waals surface area contributed by atoms with Crippen molar-refractivity contribution in [1.82, 2.24) is 0 Å². The third-order valence-electron chi connectivity index (χ3n) is 5.35. The highest BCUT2D eigenvalue weighted by Crippen LogP contribution is 2.37. The summed E-state index contributed by atoms with van der Waals surface area (Å²) in [4.78, 5) is 28.4. The van der Waals surface area contributed by atoms with Gasteiger partial charge in [-0.15, -0.1) is 0 Å². The van der Waals surface area contributed by atoms with Gasteiger partial charge in [0.1, 0.15) is 11.4 Å². The van der Waals surface area contributed by atoms with Crippen molar-refractivity contribution < 1.29 is 14.3 Å². The Bertz CT molecular complexity index is 1210. The fraction of sp³-hybridized carbons (Fsp3) is 0.154. The molecule has 5 heteroatoms. The molecule has 1 heterocycles. The molecule has 156 valence electrons. The summed E-state index contributed by atoms with van der Waals surface area (Å²) in [6.07, 6.45) is 0. The molecule has 0 radical (unpaired) electrons. The lowest BCUT2D eigenvalue weighted by atomic mass is 10.0. The molecule has 0 atom stereocenters. The number of imide groups is 1. The van der Waals surface area contributed by atoms with Gasteiger partial charge in [0, 0.05) is 0 Å². The summed E-state index contributed by atoms with van der Waals surface area (Å²) in [6.45, 7) is 5.84. The van der Waals surface area contributed by atoms with Crippen LogP contribution in [0.25, 0.3) is 5.57 Å². The average molecular weight is 412 g/mol. The van der Waals surface area contributed by atoms with Gasteiger partial charge >= 0.3 is 0 Å². The quantitative estimate of drug-likeness (QED) is 0.598. The predicted octanol–water partition coefficient (Wildman–Crippen LogP) is 5.02. The first kappa shape index (κ1) is 20.4. The number of benzene rings is 3. The number of aryl methyl sites for hydroxylation is 3. The van der Waals surface area contributed by atoms with Crippen LogP contribution in [0, 0.1) is 20.8 Å². The number of hydrogen-bond acceptors (Lipinski definition) is 4. The third kappa shape index (κ3) is 3.70. The van der Waals surface area contributed by atoms with Crippen molar-refractivity contribution in [3.05, 3.63) is 94.7 Å². The van der Waals surface area contributed by atoms with Crippen molar-refractivity contribution in [2.75, 3.05) is 17.3 Å². The second-order valence-corrected chi connectivity index (χ2v) is 7.68. The zero-order valence-electron chi connectivity index (χ0n) is 18.0. The minimum absolute atomic E-state index is 0.236. The molecule has 2 amide bonds. The smallest absolute Gasteiger partial charge is 0.282 e. The zero-order chi connectivity index (χ0) is 22.1. The van der Waals surface area contributed by atoms with Crippen molar-refractivity contribution in [1.29, 1.82) is 0 Å². The first-order valence-corrected chi connectivity index (χ1v) is 10.1. The first-order valence-electron chi connectivity index (χ1n) is 10.1. The highest BCUT2D eigenvalue weighted by Gasteiger charge is 2.41. The minimum atomic E-state index is -0.389. The molecule has 0 aromatic heterocycles. The van der Waals surface area contributed by atoms with E-state index in [4.69, 9.17) is 4.74 Å². The van der Waals surface area contributed by atoms with E-state index in [9.17, 15) is 9.59 Å². The normalized spacial score (nSPS) is 13.7. The summed E-state index contributed by atoms with van der Waals surface area (Å²) in [5.74, 6) is -0.146. The van der Waals surface area contributed by atoms with Gasteiger partial charge in [-0.2, -0.15) is 0 Å². The van der Waals surface area contributed by atoms with Gasteiger partial charge in [-0.05, 0) is 55.7 Å². The number of methoxy groups -OCH3 is 1. The first-order chi connectivity index (χ1) is 14.9. The summed E-state index contributed by atoms with van der Waals surface area (Å²) >= 11 is 0. The van der Waals surface area contributed by atoms with Crippen LogP contribution in [-0.2, 0) is 9.59 Å². The van der Waals surface area contributed by atoms with E-state index < -0.39 is 0 Å². The van der Waals surface area contributed by atoms with Crippen LogP contribution in [0.15, 0.2) is 72.4 Å². The number of nitrogens with zero attached hydrogens (tertiary/aromatic N) is 1. The van der Waals surface area contributed by atoms with Gasteiger partial charge in [0.05, 0.1) is 24.1 Å². The Morgan fingerprint density at radius 1 is 0.806 bits per heavy atom. The lowest BCUT2D eigenvalue weighted by molar-refractivity contribution is -0.120. The third-order valence-corrected chi connectivity index (χ3v) is 5.35. The average Bonchev–Trinajstić information content (AvgIpc) is 2.99. The van der Waals surface area contributed by atoms with Crippen LogP contribution in [0.5, 0.6) is 5.75 Å². The van der Waals surface area contributed by atoms with E-state index in [2.05, 4.69) is 5.32 Å². The SMILES string of the molecule is COc1ccc(C)cc1NC1=C(c2ccccc2)C(=O)N(c2ccc(C)cc2C)C1=O. The molecular weight excluding hydrogens is 388 g/mol. The largest absolute Gasteiger partial charge is 0.495 e. The number of amides is 2. The van der Waals surface area contributed by atoms with Crippen LogP contribution < -0.4 is 15.0 Å². The molecule has 3 aromatic rings. The molecule has 4 rings (SSSR count). The van der Waals surface area contributed by atoms with Crippen molar-refractivity contribution >= 4 is 28.8 Å². The van der Waals surface area contributed by atoms with Gasteiger partial charge in [0.25, 0.3) is 11.8 Å². The summed E-state index contributed by atoms with van der Waals surface area (Å²) < 4.78 is 5.46. The Morgan fingerprint density at radius 2 is 1.48 bits per heavy atom. The Hall–Kier alpha value is -3.86. The van der Waals surface area contributed by atoms with Crippen LogP contribution in [0.3, 0.4) is 0 Å². The topological polar surface area (TPSA) is 58.6 Å². The Morgan fingerprint density at radius 3 is 2.16 bits per heavy atom. The summed E-state index contributed by atoms with van der Waals surface area (Å²) in [5.41, 5.74) is 5.42. The van der Waals surface area contributed by atoms with Gasteiger partial charge < -0.3 is 10.1 Å². The Labute approximate surface area is 182 Å². The number of carbonyl (C=O) groups is 2. The molecule has 1 aliphatic heterocycles. The van der Waals surface area contributed by atoms with E-state index in [1.165, 1.54) is 4.90 Å². The van der Waals surface area contributed by atoms with E-state index in [1.54, 1.807) is 7.11 Å². The number of carbonyl (C=O) groups excluding carboxylic acids is 2. The monoisotopic (exact) mass is 412 g/mol. The lowest BCUT2D eigenvalue weighted by Crippen LogP contribution is -2.33. The fourth-order valence-corrected chi connectivity index (χ4v) is 3.85. The van der Waals surface area contributed by atoms with Crippen LogP contribution in [0.1, 0.15) is 22.3 Å². The zero-order valence-corrected chi connectivity index (χ0v) is 18.0. The van der Waals surface area contributed by atoms with Gasteiger partial charge in [0.15, 0.2) is 0 Å². The molecule has 3 aromatic carbocycles. The van der Waals surface area contributed by atoms with Crippen molar-refractivity contribution in [2.45, 2.75) is 20.8 Å². The van der Waals surface area contributed by atoms with E-state index >= 15 is 0 Å². The Kier molecular flexibility index (Phi) is 5.34. The fourth-order valence-electron chi connectivity index (χ4n) is 3.85. The van der Waals surface area contributed by atoms with E-state index in [0.29, 0.717) is 28.3 Å². The molecule has 0 spiro atoms. The second kappa shape index (κ2) is 8.11. The highest BCUT2D eigenvalue weighted by atomic mass is 16.5. The molecule has 1 aliphatic rings. The van der Waals surface area contributed by atoms with E-state index in [-0.39, 0.29) is 17.5 Å². The lowest BCUT2D eigenvalue weighted by Gasteiger charge is -2.18. The summed E-state index contributed by atoms with van der Waals surface area (Å²) in [7, 11) is 1.58. The molecule has 0 saturated carbocycles. The van der Waals surface area contributed by atoms with Crippen LogP contribution in [-0.4, -0.2) is 18.9 Å². The predicted molar refractivity (Wildman–Crippen MR) is 123 cm³/mol. The molecule has 0 fully saturated rings. The molecule has 0 bridgehead atoms. The highest BCUT2D eigenvalue weighted by molar-refractivity contribution is 6.46. The molecule has 0 aliphatic carbocycles. The number of ether oxygens (including phenoxy) is 1. The number of nitrogens with one attached hydrogen (secondary N) is 1. The van der Waals surface area contributed by atoms with Gasteiger partial charge in [0.2, 0.25) is 0 Å². The number of rotatable bonds is 5. The number of hydrogen-bond donors (Lipinski definition) is 1. The van der Waals surface area contributed by atoms with Gasteiger partial charge in [-0.25, -0.2) is 4.90 Å². The van der Waals surface area contributed by atoms with E-state index in [0.717, 1.165) is 16.7 Å². The molecular formula is C26H24N2O3. The maximum atomic E-state index is 13.6.